The Morgan fingerprint density at radius 3 is 2.94 bits per heavy atom. The minimum atomic E-state index is -0.464. The highest BCUT2D eigenvalue weighted by atomic mass is 35.5. The Labute approximate surface area is 118 Å². The van der Waals surface area contributed by atoms with Gasteiger partial charge in [-0.15, -0.1) is 11.3 Å². The van der Waals surface area contributed by atoms with Gasteiger partial charge >= 0.3 is 0 Å². The van der Waals surface area contributed by atoms with Crippen LogP contribution < -0.4 is 5.73 Å². The zero-order chi connectivity index (χ0) is 13.2. The van der Waals surface area contributed by atoms with E-state index in [4.69, 9.17) is 17.3 Å². The fraction of sp³-hybridized carbons (Fsp3) is 0.714. The van der Waals surface area contributed by atoms with E-state index in [1.54, 1.807) is 0 Å². The second-order valence-electron chi connectivity index (χ2n) is 5.48. The highest BCUT2D eigenvalue weighted by Crippen LogP contribution is 2.49. The van der Waals surface area contributed by atoms with Gasteiger partial charge in [-0.1, -0.05) is 37.8 Å². The molecule has 1 aliphatic carbocycles. The summed E-state index contributed by atoms with van der Waals surface area (Å²) < 4.78 is 0.735. The second-order valence-corrected chi connectivity index (χ2v) is 7.23. The SMILES string of the molecule is CCC1CCCC(CN)(C(O)c2ccc(Cl)s2)C1. The van der Waals surface area contributed by atoms with E-state index in [1.165, 1.54) is 30.6 Å². The standard InChI is InChI=1S/C14H22ClNOS/c1-2-10-4-3-7-14(8-10,9-16)13(17)11-5-6-12(15)18-11/h5-6,10,13,17H,2-4,7-9,16H2,1H3. The number of nitrogens with two attached hydrogens (primary N) is 1. The van der Waals surface area contributed by atoms with Gasteiger partial charge in [0.2, 0.25) is 0 Å². The molecule has 102 valence electrons. The Morgan fingerprint density at radius 1 is 1.61 bits per heavy atom. The molecule has 2 rings (SSSR count). The fourth-order valence-electron chi connectivity index (χ4n) is 3.19. The Bertz CT molecular complexity index is 395. The van der Waals surface area contributed by atoms with Crippen LogP contribution in [0, 0.1) is 11.3 Å². The van der Waals surface area contributed by atoms with E-state index in [9.17, 15) is 5.11 Å². The van der Waals surface area contributed by atoms with Crippen LogP contribution in [0.4, 0.5) is 0 Å². The van der Waals surface area contributed by atoms with Crippen molar-refractivity contribution in [1.82, 2.24) is 0 Å². The third kappa shape index (κ3) is 2.74. The molecule has 3 unspecified atom stereocenters. The van der Waals surface area contributed by atoms with Crippen LogP contribution in [0.15, 0.2) is 12.1 Å². The van der Waals surface area contributed by atoms with Crippen molar-refractivity contribution in [1.29, 1.82) is 0 Å². The summed E-state index contributed by atoms with van der Waals surface area (Å²) in [5, 5.41) is 10.7. The molecule has 0 spiro atoms. The maximum absolute atomic E-state index is 10.7. The summed E-state index contributed by atoms with van der Waals surface area (Å²) in [6.07, 6.45) is 5.23. The molecule has 1 aromatic rings. The molecule has 1 aromatic heterocycles. The molecule has 1 heterocycles. The third-order valence-corrected chi connectivity index (χ3v) is 5.69. The van der Waals surface area contributed by atoms with E-state index in [1.807, 2.05) is 12.1 Å². The van der Waals surface area contributed by atoms with Gasteiger partial charge in [0.15, 0.2) is 0 Å². The highest BCUT2D eigenvalue weighted by Gasteiger charge is 2.41. The van der Waals surface area contributed by atoms with Gasteiger partial charge in [0, 0.05) is 16.8 Å². The summed E-state index contributed by atoms with van der Waals surface area (Å²) in [7, 11) is 0. The first-order valence-electron chi connectivity index (χ1n) is 6.74. The summed E-state index contributed by atoms with van der Waals surface area (Å²) in [5.41, 5.74) is 5.87. The van der Waals surface area contributed by atoms with E-state index in [0.29, 0.717) is 12.5 Å². The molecule has 1 saturated carbocycles. The van der Waals surface area contributed by atoms with Crippen molar-refractivity contribution in [3.63, 3.8) is 0 Å². The highest BCUT2D eigenvalue weighted by molar-refractivity contribution is 7.16. The number of aliphatic hydroxyl groups is 1. The van der Waals surface area contributed by atoms with Crippen molar-refractivity contribution >= 4 is 22.9 Å². The van der Waals surface area contributed by atoms with Gasteiger partial charge in [0.1, 0.15) is 0 Å². The molecule has 4 heteroatoms. The molecule has 3 N–H and O–H groups in total. The largest absolute Gasteiger partial charge is 0.387 e. The first kappa shape index (κ1) is 14.3. The smallest absolute Gasteiger partial charge is 0.0950 e. The van der Waals surface area contributed by atoms with Crippen molar-refractivity contribution in [2.75, 3.05) is 6.54 Å². The van der Waals surface area contributed by atoms with Crippen LogP contribution in [0.2, 0.25) is 4.34 Å². The summed E-state index contributed by atoms with van der Waals surface area (Å²) >= 11 is 7.44. The molecule has 0 bridgehead atoms. The molecule has 18 heavy (non-hydrogen) atoms. The summed E-state index contributed by atoms with van der Waals surface area (Å²) in [6.45, 7) is 2.78. The Hall–Kier alpha value is -0.0900. The molecular weight excluding hydrogens is 266 g/mol. The van der Waals surface area contributed by atoms with Crippen LogP contribution in [0.3, 0.4) is 0 Å². The van der Waals surface area contributed by atoms with Crippen LogP contribution >= 0.6 is 22.9 Å². The molecule has 0 aromatic carbocycles. The van der Waals surface area contributed by atoms with Gasteiger partial charge in [0.25, 0.3) is 0 Å². The molecule has 1 aliphatic rings. The number of hydrogen-bond donors (Lipinski definition) is 2. The lowest BCUT2D eigenvalue weighted by atomic mass is 9.65. The van der Waals surface area contributed by atoms with Crippen molar-refractivity contribution in [2.45, 2.75) is 45.1 Å². The molecule has 3 atom stereocenters. The molecule has 0 saturated heterocycles. The fourth-order valence-corrected chi connectivity index (χ4v) is 4.38. The minimum Gasteiger partial charge on any atom is -0.387 e. The first-order chi connectivity index (χ1) is 8.61. The zero-order valence-corrected chi connectivity index (χ0v) is 12.4. The van der Waals surface area contributed by atoms with E-state index < -0.39 is 6.10 Å². The van der Waals surface area contributed by atoms with Crippen molar-refractivity contribution in [3.05, 3.63) is 21.3 Å². The predicted molar refractivity (Wildman–Crippen MR) is 78.0 cm³/mol. The van der Waals surface area contributed by atoms with Crippen LogP contribution in [0.5, 0.6) is 0 Å². The van der Waals surface area contributed by atoms with Gasteiger partial charge in [-0.25, -0.2) is 0 Å². The number of thiophene rings is 1. The Morgan fingerprint density at radius 2 is 2.39 bits per heavy atom. The van der Waals surface area contributed by atoms with Crippen molar-refractivity contribution in [3.8, 4) is 0 Å². The maximum Gasteiger partial charge on any atom is 0.0950 e. The average Bonchev–Trinajstić information content (AvgIpc) is 2.84. The molecule has 2 nitrogen and oxygen atoms in total. The van der Waals surface area contributed by atoms with Gasteiger partial charge in [-0.05, 0) is 30.9 Å². The summed E-state index contributed by atoms with van der Waals surface area (Å²) in [6, 6.07) is 3.79. The van der Waals surface area contributed by atoms with Crippen LogP contribution in [0.1, 0.15) is 50.0 Å². The quantitative estimate of drug-likeness (QED) is 0.880. The van der Waals surface area contributed by atoms with Gasteiger partial charge in [0.05, 0.1) is 10.4 Å². The number of hydrogen-bond acceptors (Lipinski definition) is 3. The third-order valence-electron chi connectivity index (χ3n) is 4.41. The van der Waals surface area contributed by atoms with Crippen molar-refractivity contribution < 1.29 is 5.11 Å². The first-order valence-corrected chi connectivity index (χ1v) is 7.94. The van der Waals surface area contributed by atoms with E-state index in [-0.39, 0.29) is 5.41 Å². The molecular formula is C14H22ClNOS. The van der Waals surface area contributed by atoms with Gasteiger partial charge < -0.3 is 10.8 Å². The molecule has 0 amide bonds. The maximum atomic E-state index is 10.7. The second kappa shape index (κ2) is 5.91. The number of aliphatic hydroxyl groups excluding tert-OH is 1. The van der Waals surface area contributed by atoms with Crippen LogP contribution in [-0.2, 0) is 0 Å². The average molecular weight is 288 g/mol. The lowest BCUT2D eigenvalue weighted by Crippen LogP contribution is -2.40. The van der Waals surface area contributed by atoms with Gasteiger partial charge in [-0.3, -0.25) is 0 Å². The summed E-state index contributed by atoms with van der Waals surface area (Å²) in [4.78, 5) is 0.960. The minimum absolute atomic E-state index is 0.146. The predicted octanol–water partition coefficient (Wildman–Crippen LogP) is 3.98. The Kier molecular flexibility index (Phi) is 4.70. The number of halogens is 1. The normalized spacial score (nSPS) is 30.3. The lowest BCUT2D eigenvalue weighted by Gasteiger charge is -2.43. The van der Waals surface area contributed by atoms with Crippen LogP contribution in [0.25, 0.3) is 0 Å². The van der Waals surface area contributed by atoms with E-state index in [0.717, 1.165) is 22.1 Å². The van der Waals surface area contributed by atoms with Crippen LogP contribution in [-0.4, -0.2) is 11.7 Å². The molecule has 0 aliphatic heterocycles. The van der Waals surface area contributed by atoms with E-state index >= 15 is 0 Å². The van der Waals surface area contributed by atoms with Crippen molar-refractivity contribution in [2.24, 2.45) is 17.1 Å². The molecule has 0 radical (unpaired) electrons. The zero-order valence-electron chi connectivity index (χ0n) is 10.9. The lowest BCUT2D eigenvalue weighted by molar-refractivity contribution is -0.0140. The van der Waals surface area contributed by atoms with Gasteiger partial charge in [-0.2, -0.15) is 0 Å². The monoisotopic (exact) mass is 287 g/mol. The number of rotatable bonds is 4. The molecule has 1 fully saturated rings. The topological polar surface area (TPSA) is 46.2 Å². The summed E-state index contributed by atoms with van der Waals surface area (Å²) in [5.74, 6) is 0.701. The Balaban J connectivity index is 2.20. The van der Waals surface area contributed by atoms with E-state index in [2.05, 4.69) is 6.92 Å².